The van der Waals surface area contributed by atoms with Crippen molar-refractivity contribution < 1.29 is 28.2 Å². The number of hydrogen-bond donors (Lipinski definition) is 1. The first-order valence-corrected chi connectivity index (χ1v) is 7.65. The third-order valence-corrected chi connectivity index (χ3v) is 3.69. The van der Waals surface area contributed by atoms with Crippen molar-refractivity contribution in [3.63, 3.8) is 0 Å². The summed E-state index contributed by atoms with van der Waals surface area (Å²) in [4.78, 5) is 23.2. The van der Waals surface area contributed by atoms with Gasteiger partial charge in [-0.15, -0.1) is 0 Å². The number of carbonyl (C=O) groups excluding carboxylic acids is 2. The lowest BCUT2D eigenvalue weighted by atomic mass is 10.2. The zero-order chi connectivity index (χ0) is 17.5. The van der Waals surface area contributed by atoms with Gasteiger partial charge in [-0.3, -0.25) is 0 Å². The molecule has 2 rings (SSSR count). The minimum Gasteiger partial charge on any atom is -0.485 e. The lowest BCUT2D eigenvalue weighted by molar-refractivity contribution is -0.138. The largest absolute Gasteiger partial charge is 0.485 e. The Labute approximate surface area is 139 Å². The number of carbonyl (C=O) groups is 2. The fraction of sp³-hybridized carbons (Fsp3) is 0.412. The Morgan fingerprint density at radius 1 is 1.21 bits per heavy atom. The van der Waals surface area contributed by atoms with Crippen molar-refractivity contribution in [2.45, 2.75) is 31.8 Å². The van der Waals surface area contributed by atoms with Crippen LogP contribution in [0, 0.1) is 5.82 Å². The van der Waals surface area contributed by atoms with Crippen molar-refractivity contribution >= 4 is 17.6 Å². The van der Waals surface area contributed by atoms with E-state index in [9.17, 15) is 14.0 Å². The highest BCUT2D eigenvalue weighted by Gasteiger charge is 2.22. The summed E-state index contributed by atoms with van der Waals surface area (Å²) >= 11 is 0. The molecule has 0 aliphatic heterocycles. The summed E-state index contributed by atoms with van der Waals surface area (Å²) in [6.45, 7) is 0. The number of para-hydroxylation sites is 1. The molecule has 130 valence electrons. The van der Waals surface area contributed by atoms with Gasteiger partial charge < -0.3 is 19.5 Å². The van der Waals surface area contributed by atoms with Gasteiger partial charge in [0.2, 0.25) is 0 Å². The average Bonchev–Trinajstić information content (AvgIpc) is 3.09. The molecular formula is C17H20FNO5. The van der Waals surface area contributed by atoms with Gasteiger partial charge in [0.1, 0.15) is 5.70 Å². The van der Waals surface area contributed by atoms with E-state index < -0.39 is 17.8 Å². The monoisotopic (exact) mass is 337 g/mol. The van der Waals surface area contributed by atoms with Crippen molar-refractivity contribution in [1.82, 2.24) is 0 Å². The molecule has 0 aromatic heterocycles. The predicted octanol–water partition coefficient (Wildman–Crippen LogP) is 2.79. The fourth-order valence-electron chi connectivity index (χ4n) is 2.48. The molecule has 7 heteroatoms. The minimum atomic E-state index is -0.781. The Morgan fingerprint density at radius 3 is 2.54 bits per heavy atom. The molecule has 1 aliphatic rings. The van der Waals surface area contributed by atoms with Crippen LogP contribution in [0.2, 0.25) is 0 Å². The Bertz CT molecular complexity index is 638. The first-order chi connectivity index (χ1) is 11.5. The molecule has 1 aromatic carbocycles. The van der Waals surface area contributed by atoms with E-state index in [1.807, 2.05) is 0 Å². The summed E-state index contributed by atoms with van der Waals surface area (Å²) in [5.41, 5.74) is 0.0636. The van der Waals surface area contributed by atoms with Crippen LogP contribution in [0.1, 0.15) is 25.7 Å². The van der Waals surface area contributed by atoms with Gasteiger partial charge >= 0.3 is 11.9 Å². The zero-order valence-electron chi connectivity index (χ0n) is 13.6. The number of nitrogens with one attached hydrogen (secondary N) is 1. The van der Waals surface area contributed by atoms with E-state index in [4.69, 9.17) is 4.74 Å². The topological polar surface area (TPSA) is 73.9 Å². The Hall–Kier alpha value is -2.57. The van der Waals surface area contributed by atoms with E-state index in [1.165, 1.54) is 26.4 Å². The van der Waals surface area contributed by atoms with Gasteiger partial charge in [-0.2, -0.15) is 0 Å². The molecular weight excluding hydrogens is 317 g/mol. The lowest BCUT2D eigenvalue weighted by Gasteiger charge is -2.18. The highest BCUT2D eigenvalue weighted by molar-refractivity contribution is 5.99. The van der Waals surface area contributed by atoms with Crippen LogP contribution in [0.15, 0.2) is 30.0 Å². The summed E-state index contributed by atoms with van der Waals surface area (Å²) in [5, 5.41) is 2.70. The quantitative estimate of drug-likeness (QED) is 0.636. The molecule has 1 saturated carbocycles. The third kappa shape index (κ3) is 4.47. The summed E-state index contributed by atoms with van der Waals surface area (Å²) in [7, 11) is 2.36. The van der Waals surface area contributed by atoms with Gasteiger partial charge in [0, 0.05) is 0 Å². The number of rotatable bonds is 6. The molecule has 0 bridgehead atoms. The van der Waals surface area contributed by atoms with Crippen molar-refractivity contribution in [2.24, 2.45) is 0 Å². The standard InChI is InChI=1S/C17H20FNO5/c1-22-15(20)10-14(17(21)23-2)19-13-9-5-8-12(18)16(13)24-11-6-3-4-7-11/h5,8-11,19H,3-4,6-7H2,1-2H3/b14-10+. The maximum Gasteiger partial charge on any atom is 0.354 e. The Kier molecular flexibility index (Phi) is 6.17. The van der Waals surface area contributed by atoms with Gasteiger partial charge in [0.15, 0.2) is 11.6 Å². The summed E-state index contributed by atoms with van der Waals surface area (Å²) in [6.07, 6.45) is 4.67. The van der Waals surface area contributed by atoms with Crippen molar-refractivity contribution in [2.75, 3.05) is 19.5 Å². The fourth-order valence-corrected chi connectivity index (χ4v) is 2.48. The van der Waals surface area contributed by atoms with E-state index in [-0.39, 0.29) is 23.2 Å². The Morgan fingerprint density at radius 2 is 1.92 bits per heavy atom. The van der Waals surface area contributed by atoms with E-state index in [2.05, 4.69) is 14.8 Å². The van der Waals surface area contributed by atoms with Gasteiger partial charge in [0.05, 0.1) is 32.1 Å². The van der Waals surface area contributed by atoms with Gasteiger partial charge in [-0.25, -0.2) is 14.0 Å². The second-order valence-corrected chi connectivity index (χ2v) is 5.34. The zero-order valence-corrected chi connectivity index (χ0v) is 13.6. The Balaban J connectivity index is 2.28. The molecule has 0 amide bonds. The number of esters is 2. The molecule has 0 heterocycles. The summed E-state index contributed by atoms with van der Waals surface area (Å²) in [6, 6.07) is 4.31. The van der Waals surface area contributed by atoms with Crippen LogP contribution in [-0.4, -0.2) is 32.3 Å². The molecule has 0 radical (unpaired) electrons. The molecule has 1 fully saturated rings. The molecule has 0 atom stereocenters. The first kappa shape index (κ1) is 17.8. The van der Waals surface area contributed by atoms with Crippen LogP contribution in [-0.2, 0) is 19.1 Å². The van der Waals surface area contributed by atoms with Gasteiger partial charge in [-0.1, -0.05) is 6.07 Å². The highest BCUT2D eigenvalue weighted by atomic mass is 19.1. The minimum absolute atomic E-state index is 0.0177. The van der Waals surface area contributed by atoms with E-state index in [1.54, 1.807) is 6.07 Å². The molecule has 24 heavy (non-hydrogen) atoms. The second-order valence-electron chi connectivity index (χ2n) is 5.34. The third-order valence-electron chi connectivity index (χ3n) is 3.69. The molecule has 0 saturated heterocycles. The average molecular weight is 337 g/mol. The maximum atomic E-state index is 14.2. The predicted molar refractivity (Wildman–Crippen MR) is 85.0 cm³/mol. The molecule has 1 aliphatic carbocycles. The van der Waals surface area contributed by atoms with Crippen molar-refractivity contribution in [1.29, 1.82) is 0 Å². The van der Waals surface area contributed by atoms with Crippen LogP contribution < -0.4 is 10.1 Å². The molecule has 0 unspecified atom stereocenters. The number of benzene rings is 1. The number of methoxy groups -OCH3 is 2. The molecule has 1 N–H and O–H groups in total. The molecule has 0 spiro atoms. The summed E-state index contributed by atoms with van der Waals surface area (Å²) < 4.78 is 29.1. The van der Waals surface area contributed by atoms with Crippen LogP contribution in [0.3, 0.4) is 0 Å². The van der Waals surface area contributed by atoms with E-state index in [0.717, 1.165) is 31.8 Å². The van der Waals surface area contributed by atoms with Crippen LogP contribution in [0.4, 0.5) is 10.1 Å². The summed E-state index contributed by atoms with van der Waals surface area (Å²) in [5.74, 6) is -2.05. The molecule has 6 nitrogen and oxygen atoms in total. The van der Waals surface area contributed by atoms with Gasteiger partial charge in [0.25, 0.3) is 0 Å². The normalized spacial score (nSPS) is 15.0. The highest BCUT2D eigenvalue weighted by Crippen LogP contribution is 2.33. The second kappa shape index (κ2) is 8.33. The van der Waals surface area contributed by atoms with Crippen molar-refractivity contribution in [3.05, 3.63) is 35.8 Å². The number of halogens is 1. The SMILES string of the molecule is COC(=O)/C=C(/Nc1cccc(F)c1OC1CCCC1)C(=O)OC. The first-order valence-electron chi connectivity index (χ1n) is 7.65. The van der Waals surface area contributed by atoms with Crippen LogP contribution in [0.5, 0.6) is 5.75 Å². The van der Waals surface area contributed by atoms with E-state index in [0.29, 0.717) is 0 Å². The van der Waals surface area contributed by atoms with Crippen molar-refractivity contribution in [3.8, 4) is 5.75 Å². The lowest BCUT2D eigenvalue weighted by Crippen LogP contribution is -2.18. The number of anilines is 1. The van der Waals surface area contributed by atoms with Crippen LogP contribution in [0.25, 0.3) is 0 Å². The van der Waals surface area contributed by atoms with Gasteiger partial charge in [-0.05, 0) is 37.8 Å². The number of ether oxygens (including phenoxy) is 3. The van der Waals surface area contributed by atoms with Crippen LogP contribution >= 0.6 is 0 Å². The maximum absolute atomic E-state index is 14.2. The number of hydrogen-bond acceptors (Lipinski definition) is 6. The van der Waals surface area contributed by atoms with E-state index >= 15 is 0 Å². The smallest absolute Gasteiger partial charge is 0.354 e. The molecule has 1 aromatic rings.